The lowest BCUT2D eigenvalue weighted by Crippen LogP contribution is -2.34. The fourth-order valence-corrected chi connectivity index (χ4v) is 1.87. The molecule has 1 saturated carbocycles. The van der Waals surface area contributed by atoms with Crippen molar-refractivity contribution >= 4 is 11.8 Å². The van der Waals surface area contributed by atoms with E-state index in [0.717, 1.165) is 5.57 Å². The molecule has 2 fully saturated rings. The van der Waals surface area contributed by atoms with E-state index in [1.807, 2.05) is 0 Å². The summed E-state index contributed by atoms with van der Waals surface area (Å²) >= 11 is 0. The van der Waals surface area contributed by atoms with Gasteiger partial charge in [0, 0.05) is 24.9 Å². The minimum Gasteiger partial charge on any atom is -0.310 e. The van der Waals surface area contributed by atoms with E-state index in [-0.39, 0.29) is 17.7 Å². The Balaban J connectivity index is 1.81. The summed E-state index contributed by atoms with van der Waals surface area (Å²) in [5.41, 5.74) is 0.905. The summed E-state index contributed by atoms with van der Waals surface area (Å²) in [5, 5.41) is 3.32. The van der Waals surface area contributed by atoms with Crippen molar-refractivity contribution in [3.8, 4) is 0 Å². The number of imide groups is 1. The maximum absolute atomic E-state index is 11.6. The lowest BCUT2D eigenvalue weighted by Gasteiger charge is -2.16. The lowest BCUT2D eigenvalue weighted by atomic mass is 10.1. The molecule has 1 atom stereocenters. The van der Waals surface area contributed by atoms with Gasteiger partial charge < -0.3 is 5.32 Å². The highest BCUT2D eigenvalue weighted by Crippen LogP contribution is 2.21. The molecule has 2 rings (SSSR count). The van der Waals surface area contributed by atoms with E-state index in [2.05, 4.69) is 11.9 Å². The molecule has 0 bridgehead atoms. The average molecular weight is 222 g/mol. The Labute approximate surface area is 95.7 Å². The summed E-state index contributed by atoms with van der Waals surface area (Å²) in [7, 11) is 0. The smallest absolute Gasteiger partial charge is 0.232 e. The highest BCUT2D eigenvalue weighted by Gasteiger charge is 2.35. The van der Waals surface area contributed by atoms with Crippen LogP contribution in [0.3, 0.4) is 0 Å². The van der Waals surface area contributed by atoms with E-state index in [1.165, 1.54) is 17.7 Å². The molecule has 0 aromatic carbocycles. The monoisotopic (exact) mass is 222 g/mol. The average Bonchev–Trinajstić information content (AvgIpc) is 3.01. The summed E-state index contributed by atoms with van der Waals surface area (Å²) in [6, 6.07) is 0.626. The fourth-order valence-electron chi connectivity index (χ4n) is 1.87. The van der Waals surface area contributed by atoms with Gasteiger partial charge in [0.1, 0.15) is 0 Å². The molecule has 4 nitrogen and oxygen atoms in total. The van der Waals surface area contributed by atoms with Gasteiger partial charge in [0.2, 0.25) is 11.8 Å². The number of nitrogens with one attached hydrogen (secondary N) is 1. The van der Waals surface area contributed by atoms with Crippen molar-refractivity contribution in [3.05, 3.63) is 12.2 Å². The first-order valence-electron chi connectivity index (χ1n) is 5.82. The van der Waals surface area contributed by atoms with Gasteiger partial charge in [0.05, 0.1) is 6.54 Å². The summed E-state index contributed by atoms with van der Waals surface area (Å²) in [6.07, 6.45) is 2.81. The molecular weight excluding hydrogens is 204 g/mol. The zero-order valence-corrected chi connectivity index (χ0v) is 9.66. The predicted octanol–water partition coefficient (Wildman–Crippen LogP) is 0.690. The van der Waals surface area contributed by atoms with E-state index < -0.39 is 0 Å². The summed E-state index contributed by atoms with van der Waals surface area (Å²) in [5.74, 6) is -0.278. The molecule has 2 amide bonds. The van der Waals surface area contributed by atoms with Crippen molar-refractivity contribution in [2.45, 2.75) is 32.2 Å². The van der Waals surface area contributed by atoms with Gasteiger partial charge >= 0.3 is 0 Å². The second-order valence-corrected chi connectivity index (χ2v) is 4.83. The van der Waals surface area contributed by atoms with Gasteiger partial charge in [0.15, 0.2) is 0 Å². The highest BCUT2D eigenvalue weighted by atomic mass is 16.2. The number of hydrogen-bond donors (Lipinski definition) is 1. The van der Waals surface area contributed by atoms with Crippen molar-refractivity contribution in [1.29, 1.82) is 0 Å². The Bertz CT molecular complexity index is 334. The Morgan fingerprint density at radius 3 is 2.69 bits per heavy atom. The quantitative estimate of drug-likeness (QED) is 0.550. The third-order valence-electron chi connectivity index (χ3n) is 3.07. The number of hydrogen-bond acceptors (Lipinski definition) is 3. The molecule has 0 radical (unpaired) electrons. The lowest BCUT2D eigenvalue weighted by molar-refractivity contribution is -0.138. The standard InChI is InChI=1S/C12H18N2O2/c1-8(6-13-10-3-4-10)7-14-11(15)5-9(2)12(14)16/h9-10,13H,1,3-7H2,2H3. The summed E-state index contributed by atoms with van der Waals surface area (Å²) in [4.78, 5) is 24.5. The Kier molecular flexibility index (Phi) is 3.10. The van der Waals surface area contributed by atoms with Gasteiger partial charge in [-0.3, -0.25) is 14.5 Å². The van der Waals surface area contributed by atoms with Crippen molar-refractivity contribution in [2.75, 3.05) is 13.1 Å². The predicted molar refractivity (Wildman–Crippen MR) is 60.7 cm³/mol. The number of nitrogens with zero attached hydrogens (tertiary/aromatic N) is 1. The normalized spacial score (nSPS) is 25.3. The van der Waals surface area contributed by atoms with E-state index >= 15 is 0 Å². The molecule has 1 N–H and O–H groups in total. The van der Waals surface area contributed by atoms with Crippen LogP contribution in [0.4, 0.5) is 0 Å². The van der Waals surface area contributed by atoms with Crippen LogP contribution in [0.2, 0.25) is 0 Å². The van der Waals surface area contributed by atoms with Crippen LogP contribution in [-0.2, 0) is 9.59 Å². The molecule has 1 aliphatic carbocycles. The Morgan fingerprint density at radius 1 is 1.50 bits per heavy atom. The van der Waals surface area contributed by atoms with E-state index in [1.54, 1.807) is 6.92 Å². The third kappa shape index (κ3) is 2.50. The van der Waals surface area contributed by atoms with Crippen LogP contribution in [0, 0.1) is 5.92 Å². The number of likely N-dealkylation sites (tertiary alicyclic amines) is 1. The number of amides is 2. The maximum Gasteiger partial charge on any atom is 0.232 e. The minimum absolute atomic E-state index is 0.0578. The van der Waals surface area contributed by atoms with E-state index in [0.29, 0.717) is 25.6 Å². The third-order valence-corrected chi connectivity index (χ3v) is 3.07. The molecule has 0 aromatic rings. The first kappa shape index (κ1) is 11.3. The van der Waals surface area contributed by atoms with Crippen LogP contribution in [0.25, 0.3) is 0 Å². The van der Waals surface area contributed by atoms with Crippen molar-refractivity contribution in [2.24, 2.45) is 5.92 Å². The molecule has 88 valence electrons. The SMILES string of the molecule is C=C(CNC1CC1)CN1C(=O)CC(C)C1=O. The van der Waals surface area contributed by atoms with Crippen molar-refractivity contribution in [1.82, 2.24) is 10.2 Å². The Hall–Kier alpha value is -1.16. The van der Waals surface area contributed by atoms with Crippen LogP contribution in [0.1, 0.15) is 26.2 Å². The molecule has 1 saturated heterocycles. The van der Waals surface area contributed by atoms with Gasteiger partial charge in [-0.15, -0.1) is 0 Å². The molecule has 1 heterocycles. The molecular formula is C12H18N2O2. The van der Waals surface area contributed by atoms with E-state index in [4.69, 9.17) is 0 Å². The molecule has 0 spiro atoms. The van der Waals surface area contributed by atoms with Crippen LogP contribution in [0.5, 0.6) is 0 Å². The van der Waals surface area contributed by atoms with Crippen molar-refractivity contribution in [3.63, 3.8) is 0 Å². The molecule has 0 aromatic heterocycles. The Morgan fingerprint density at radius 2 is 2.19 bits per heavy atom. The topological polar surface area (TPSA) is 49.4 Å². The number of rotatable bonds is 5. The van der Waals surface area contributed by atoms with Crippen molar-refractivity contribution < 1.29 is 9.59 Å². The van der Waals surface area contributed by atoms with Crippen LogP contribution < -0.4 is 5.32 Å². The first-order chi connectivity index (χ1) is 7.58. The number of carbonyl (C=O) groups is 2. The largest absolute Gasteiger partial charge is 0.310 e. The van der Waals surface area contributed by atoms with Crippen LogP contribution in [-0.4, -0.2) is 35.8 Å². The van der Waals surface area contributed by atoms with Gasteiger partial charge in [-0.25, -0.2) is 0 Å². The second-order valence-electron chi connectivity index (χ2n) is 4.83. The molecule has 4 heteroatoms. The second kappa shape index (κ2) is 4.37. The van der Waals surface area contributed by atoms with Crippen LogP contribution >= 0.6 is 0 Å². The van der Waals surface area contributed by atoms with Gasteiger partial charge in [-0.1, -0.05) is 13.5 Å². The molecule has 16 heavy (non-hydrogen) atoms. The van der Waals surface area contributed by atoms with E-state index in [9.17, 15) is 9.59 Å². The molecule has 2 aliphatic rings. The molecule has 1 unspecified atom stereocenters. The minimum atomic E-state index is -0.156. The van der Waals surface area contributed by atoms with Gasteiger partial charge in [-0.2, -0.15) is 0 Å². The zero-order valence-electron chi connectivity index (χ0n) is 9.66. The number of carbonyl (C=O) groups excluding carboxylic acids is 2. The fraction of sp³-hybridized carbons (Fsp3) is 0.667. The molecule has 1 aliphatic heterocycles. The van der Waals surface area contributed by atoms with Crippen LogP contribution in [0.15, 0.2) is 12.2 Å². The summed E-state index contributed by atoms with van der Waals surface area (Å²) < 4.78 is 0. The maximum atomic E-state index is 11.6. The highest BCUT2D eigenvalue weighted by molar-refractivity contribution is 6.03. The summed E-state index contributed by atoms with van der Waals surface area (Å²) in [6.45, 7) is 6.78. The zero-order chi connectivity index (χ0) is 11.7. The van der Waals surface area contributed by atoms with Gasteiger partial charge in [0.25, 0.3) is 0 Å². The van der Waals surface area contributed by atoms with Gasteiger partial charge in [-0.05, 0) is 18.4 Å². The first-order valence-corrected chi connectivity index (χ1v) is 5.82.